The van der Waals surface area contributed by atoms with E-state index in [9.17, 15) is 0 Å². The smallest absolute Gasteiger partial charge is 0.0454 e. The largest absolute Gasteiger partial charge is 0.314 e. The molecule has 6 heteroatoms. The second-order valence-corrected chi connectivity index (χ2v) is 6.61. The number of rotatable bonds is 4. The second kappa shape index (κ2) is 10.3. The molecule has 1 heterocycles. The van der Waals surface area contributed by atoms with Gasteiger partial charge in [-0.15, -0.1) is 24.8 Å². The molecule has 2 nitrogen and oxygen atoms in total. The highest BCUT2D eigenvalue weighted by atomic mass is 79.9. The SMILES string of the molecule is CCC(C)[C@@H](c1cc(Br)ccc1Cl)N1CCNCC1.Cl.Cl. The van der Waals surface area contributed by atoms with E-state index in [1.165, 1.54) is 5.56 Å². The lowest BCUT2D eigenvalue weighted by molar-refractivity contribution is 0.128. The fourth-order valence-corrected chi connectivity index (χ4v) is 3.40. The van der Waals surface area contributed by atoms with Crippen molar-refractivity contribution >= 4 is 52.3 Å². The van der Waals surface area contributed by atoms with Crippen molar-refractivity contribution in [1.29, 1.82) is 0 Å². The van der Waals surface area contributed by atoms with Crippen LogP contribution < -0.4 is 5.32 Å². The summed E-state index contributed by atoms with van der Waals surface area (Å²) in [5, 5.41) is 4.30. The van der Waals surface area contributed by atoms with Crippen LogP contribution in [0.25, 0.3) is 0 Å². The number of nitrogens with zero attached hydrogens (tertiary/aromatic N) is 1. The Morgan fingerprint density at radius 1 is 1.29 bits per heavy atom. The molecule has 0 spiro atoms. The van der Waals surface area contributed by atoms with E-state index in [-0.39, 0.29) is 24.8 Å². The lowest BCUT2D eigenvalue weighted by Gasteiger charge is -2.39. The first-order valence-electron chi connectivity index (χ1n) is 7.03. The minimum absolute atomic E-state index is 0. The summed E-state index contributed by atoms with van der Waals surface area (Å²) in [6.07, 6.45) is 1.16. The quantitative estimate of drug-likeness (QED) is 0.745. The first-order valence-corrected chi connectivity index (χ1v) is 8.20. The normalized spacial score (nSPS) is 18.3. The molecule has 21 heavy (non-hydrogen) atoms. The van der Waals surface area contributed by atoms with Crippen molar-refractivity contribution in [2.75, 3.05) is 26.2 Å². The summed E-state index contributed by atoms with van der Waals surface area (Å²) in [7, 11) is 0. The van der Waals surface area contributed by atoms with Gasteiger partial charge in [0.2, 0.25) is 0 Å². The molecule has 0 amide bonds. The standard InChI is InChI=1S/C15H22BrClN2.2ClH/c1-3-11(2)15(19-8-6-18-7-9-19)13-10-12(16)4-5-14(13)17;;/h4-5,10-11,15,18H,3,6-9H2,1-2H3;2*1H/t11?,15-;;/m0../s1. The number of nitrogens with one attached hydrogen (secondary N) is 1. The molecule has 0 saturated carbocycles. The molecule has 0 bridgehead atoms. The third-order valence-corrected chi connectivity index (χ3v) is 4.84. The molecule has 1 aliphatic heterocycles. The Balaban J connectivity index is 0.00000200. The lowest BCUT2D eigenvalue weighted by atomic mass is 9.90. The van der Waals surface area contributed by atoms with Gasteiger partial charge in [0.15, 0.2) is 0 Å². The van der Waals surface area contributed by atoms with E-state index in [1.54, 1.807) is 0 Å². The zero-order valence-corrected chi connectivity index (χ0v) is 16.4. The topological polar surface area (TPSA) is 15.3 Å². The summed E-state index contributed by atoms with van der Waals surface area (Å²) in [6.45, 7) is 8.91. The third kappa shape index (κ3) is 5.56. The van der Waals surface area contributed by atoms with E-state index in [1.807, 2.05) is 12.1 Å². The van der Waals surface area contributed by atoms with Crippen molar-refractivity contribution in [3.05, 3.63) is 33.3 Å². The third-order valence-electron chi connectivity index (χ3n) is 4.00. The van der Waals surface area contributed by atoms with Crippen LogP contribution in [-0.2, 0) is 0 Å². The Labute approximate surface area is 153 Å². The van der Waals surface area contributed by atoms with Crippen molar-refractivity contribution in [3.8, 4) is 0 Å². The van der Waals surface area contributed by atoms with E-state index in [0.717, 1.165) is 42.1 Å². The van der Waals surface area contributed by atoms with Crippen molar-refractivity contribution in [3.63, 3.8) is 0 Å². The predicted octanol–water partition coefficient (Wildman–Crippen LogP) is 4.94. The van der Waals surface area contributed by atoms with Gasteiger partial charge in [-0.25, -0.2) is 0 Å². The van der Waals surface area contributed by atoms with Crippen LogP contribution in [0.5, 0.6) is 0 Å². The molecule has 1 aromatic rings. The van der Waals surface area contributed by atoms with Gasteiger partial charge in [-0.3, -0.25) is 4.90 Å². The number of benzene rings is 1. The van der Waals surface area contributed by atoms with Crippen molar-refractivity contribution in [2.45, 2.75) is 26.3 Å². The maximum Gasteiger partial charge on any atom is 0.0454 e. The second-order valence-electron chi connectivity index (χ2n) is 5.28. The predicted molar refractivity (Wildman–Crippen MR) is 100 cm³/mol. The number of hydrogen-bond donors (Lipinski definition) is 1. The highest BCUT2D eigenvalue weighted by molar-refractivity contribution is 9.10. The maximum atomic E-state index is 6.45. The van der Waals surface area contributed by atoms with Gasteiger partial charge < -0.3 is 5.32 Å². The van der Waals surface area contributed by atoms with Crippen molar-refractivity contribution in [2.24, 2.45) is 5.92 Å². The van der Waals surface area contributed by atoms with Crippen molar-refractivity contribution < 1.29 is 0 Å². The molecule has 1 aliphatic rings. The molecule has 0 aromatic heterocycles. The van der Waals surface area contributed by atoms with E-state index in [2.05, 4.69) is 46.1 Å². The van der Waals surface area contributed by atoms with Crippen LogP contribution in [0.15, 0.2) is 22.7 Å². The monoisotopic (exact) mass is 416 g/mol. The first kappa shape index (κ1) is 21.5. The molecule has 1 fully saturated rings. The molecular weight excluding hydrogens is 394 g/mol. The Morgan fingerprint density at radius 3 is 2.48 bits per heavy atom. The van der Waals surface area contributed by atoms with Crippen LogP contribution in [0.3, 0.4) is 0 Å². The summed E-state index contributed by atoms with van der Waals surface area (Å²) in [6, 6.07) is 6.61. The molecule has 1 saturated heterocycles. The molecule has 122 valence electrons. The lowest BCUT2D eigenvalue weighted by Crippen LogP contribution is -2.46. The fraction of sp³-hybridized carbons (Fsp3) is 0.600. The van der Waals surface area contributed by atoms with E-state index < -0.39 is 0 Å². The van der Waals surface area contributed by atoms with Gasteiger partial charge in [0.1, 0.15) is 0 Å². The van der Waals surface area contributed by atoms with Crippen LogP contribution in [0.2, 0.25) is 5.02 Å². The van der Waals surface area contributed by atoms with Gasteiger partial charge in [-0.05, 0) is 29.7 Å². The van der Waals surface area contributed by atoms with Gasteiger partial charge in [0, 0.05) is 41.7 Å². The van der Waals surface area contributed by atoms with E-state index in [4.69, 9.17) is 11.6 Å². The summed E-state index contributed by atoms with van der Waals surface area (Å²) >= 11 is 10.0. The van der Waals surface area contributed by atoms with Crippen LogP contribution in [-0.4, -0.2) is 31.1 Å². The van der Waals surface area contributed by atoms with E-state index in [0.29, 0.717) is 12.0 Å². The maximum absolute atomic E-state index is 6.45. The fourth-order valence-electron chi connectivity index (χ4n) is 2.79. The molecule has 0 aliphatic carbocycles. The average Bonchev–Trinajstić information content (AvgIpc) is 2.44. The summed E-state index contributed by atoms with van der Waals surface area (Å²) in [4.78, 5) is 2.57. The minimum atomic E-state index is 0. The molecule has 2 rings (SSSR count). The molecule has 1 N–H and O–H groups in total. The van der Waals surface area contributed by atoms with Crippen LogP contribution in [0, 0.1) is 5.92 Å². The minimum Gasteiger partial charge on any atom is -0.314 e. The Bertz CT molecular complexity index is 425. The van der Waals surface area contributed by atoms with Crippen LogP contribution in [0.4, 0.5) is 0 Å². The van der Waals surface area contributed by atoms with Gasteiger partial charge in [-0.1, -0.05) is 47.8 Å². The first-order chi connectivity index (χ1) is 9.13. The van der Waals surface area contributed by atoms with Gasteiger partial charge in [0.25, 0.3) is 0 Å². The van der Waals surface area contributed by atoms with Crippen LogP contribution in [0.1, 0.15) is 31.9 Å². The molecule has 1 unspecified atom stereocenters. The van der Waals surface area contributed by atoms with Gasteiger partial charge in [-0.2, -0.15) is 0 Å². The van der Waals surface area contributed by atoms with Gasteiger partial charge >= 0.3 is 0 Å². The Morgan fingerprint density at radius 2 is 1.90 bits per heavy atom. The Hall–Kier alpha value is 0.490. The van der Waals surface area contributed by atoms with Crippen LogP contribution >= 0.6 is 52.3 Å². The Kier molecular flexibility index (Phi) is 10.5. The number of piperazine rings is 1. The molecular formula is C15H24BrCl3N2. The highest BCUT2D eigenvalue weighted by Crippen LogP contribution is 2.36. The van der Waals surface area contributed by atoms with Crippen molar-refractivity contribution in [1.82, 2.24) is 10.2 Å². The summed E-state index contributed by atoms with van der Waals surface area (Å²) in [5.41, 5.74) is 1.26. The average molecular weight is 419 g/mol. The van der Waals surface area contributed by atoms with E-state index >= 15 is 0 Å². The zero-order valence-electron chi connectivity index (χ0n) is 12.4. The molecule has 1 aromatic carbocycles. The van der Waals surface area contributed by atoms with Gasteiger partial charge in [0.05, 0.1) is 0 Å². The number of hydrogen-bond acceptors (Lipinski definition) is 2. The molecule has 2 atom stereocenters. The highest BCUT2D eigenvalue weighted by Gasteiger charge is 2.28. The molecule has 0 radical (unpaired) electrons. The summed E-state index contributed by atoms with van der Waals surface area (Å²) in [5.74, 6) is 0.602. The zero-order chi connectivity index (χ0) is 13.8. The summed E-state index contributed by atoms with van der Waals surface area (Å²) < 4.78 is 1.11. The number of halogens is 4.